The molecule has 2 atom stereocenters. The molecule has 1 saturated heterocycles. The average molecular weight is 485 g/mol. The predicted octanol–water partition coefficient (Wildman–Crippen LogP) is 5.64. The molecule has 3 amide bonds. The maximum absolute atomic E-state index is 14.0. The molecule has 2 bridgehead atoms. The minimum Gasteiger partial charge on any atom is -0.322 e. The van der Waals surface area contributed by atoms with Crippen molar-refractivity contribution in [3.8, 4) is 0 Å². The molecule has 4 aromatic carbocycles. The van der Waals surface area contributed by atoms with E-state index in [1.165, 1.54) is 4.90 Å². The van der Waals surface area contributed by atoms with Gasteiger partial charge in [-0.25, -0.2) is 4.90 Å². The van der Waals surface area contributed by atoms with Crippen LogP contribution in [0.4, 0.5) is 11.4 Å². The summed E-state index contributed by atoms with van der Waals surface area (Å²) in [6, 6.07) is 30.8. The van der Waals surface area contributed by atoms with Gasteiger partial charge >= 0.3 is 0 Å². The van der Waals surface area contributed by atoms with Crippen molar-refractivity contribution in [2.75, 3.05) is 10.2 Å². The number of anilines is 2. The Morgan fingerprint density at radius 2 is 1.19 bits per heavy atom. The Hall–Kier alpha value is -4.51. The van der Waals surface area contributed by atoms with Crippen LogP contribution in [0.15, 0.2) is 97.1 Å². The van der Waals surface area contributed by atoms with Crippen LogP contribution in [0.3, 0.4) is 0 Å². The van der Waals surface area contributed by atoms with Gasteiger partial charge in [-0.3, -0.25) is 14.4 Å². The summed E-state index contributed by atoms with van der Waals surface area (Å²) in [5, 5.41) is 2.90. The van der Waals surface area contributed by atoms with E-state index in [0.29, 0.717) is 16.9 Å². The predicted molar refractivity (Wildman–Crippen MR) is 142 cm³/mol. The van der Waals surface area contributed by atoms with E-state index in [9.17, 15) is 14.4 Å². The zero-order valence-corrected chi connectivity index (χ0v) is 20.2. The van der Waals surface area contributed by atoms with Crippen LogP contribution in [0.1, 0.15) is 50.0 Å². The van der Waals surface area contributed by atoms with Crippen LogP contribution >= 0.6 is 0 Å². The number of nitrogens with one attached hydrogen (secondary N) is 1. The van der Waals surface area contributed by atoms with Gasteiger partial charge in [0.05, 0.1) is 17.5 Å². The summed E-state index contributed by atoms with van der Waals surface area (Å²) in [5.41, 5.74) is 7.23. The maximum atomic E-state index is 14.0. The molecule has 5 heteroatoms. The van der Waals surface area contributed by atoms with Crippen molar-refractivity contribution in [3.63, 3.8) is 0 Å². The lowest BCUT2D eigenvalue weighted by atomic mass is 9.55. The average Bonchev–Trinajstić information content (AvgIpc) is 3.19. The lowest BCUT2D eigenvalue weighted by Crippen LogP contribution is -2.41. The Bertz CT molecular complexity index is 1490. The number of carbonyl (C=O) groups excluding carboxylic acids is 3. The molecule has 3 aliphatic carbocycles. The fraction of sp³-hybridized carbons (Fsp3) is 0.156. The number of benzene rings is 4. The second-order valence-electron chi connectivity index (χ2n) is 10.1. The van der Waals surface area contributed by atoms with Crippen molar-refractivity contribution in [1.29, 1.82) is 0 Å². The number of hydrogen-bond donors (Lipinski definition) is 1. The number of rotatable bonds is 3. The third kappa shape index (κ3) is 3.13. The van der Waals surface area contributed by atoms with E-state index in [1.807, 2.05) is 43.3 Å². The van der Waals surface area contributed by atoms with Gasteiger partial charge in [0, 0.05) is 23.1 Å². The zero-order valence-electron chi connectivity index (χ0n) is 20.2. The van der Waals surface area contributed by atoms with E-state index in [2.05, 4.69) is 29.6 Å². The van der Waals surface area contributed by atoms with Gasteiger partial charge < -0.3 is 5.32 Å². The number of imide groups is 1. The summed E-state index contributed by atoms with van der Waals surface area (Å²) in [5.74, 6) is -1.75. The zero-order chi connectivity index (χ0) is 25.3. The van der Waals surface area contributed by atoms with E-state index < -0.39 is 11.8 Å². The summed E-state index contributed by atoms with van der Waals surface area (Å²) in [6.07, 6.45) is 0. The molecule has 0 unspecified atom stereocenters. The van der Waals surface area contributed by atoms with Crippen molar-refractivity contribution in [2.24, 2.45) is 11.8 Å². The van der Waals surface area contributed by atoms with Gasteiger partial charge in [-0.1, -0.05) is 72.3 Å². The molecule has 0 spiro atoms. The molecule has 1 N–H and O–H groups in total. The van der Waals surface area contributed by atoms with E-state index >= 15 is 0 Å². The molecule has 0 radical (unpaired) electrons. The minimum atomic E-state index is -0.437. The highest BCUT2D eigenvalue weighted by molar-refractivity contribution is 6.23. The third-order valence-electron chi connectivity index (χ3n) is 8.12. The second-order valence-corrected chi connectivity index (χ2v) is 10.1. The van der Waals surface area contributed by atoms with Crippen molar-refractivity contribution >= 4 is 29.1 Å². The van der Waals surface area contributed by atoms with E-state index in [4.69, 9.17) is 0 Å². The fourth-order valence-corrected chi connectivity index (χ4v) is 6.56. The van der Waals surface area contributed by atoms with Crippen molar-refractivity contribution < 1.29 is 14.4 Å². The summed E-state index contributed by atoms with van der Waals surface area (Å²) < 4.78 is 0. The van der Waals surface area contributed by atoms with Crippen molar-refractivity contribution in [3.05, 3.63) is 130 Å². The first-order valence-corrected chi connectivity index (χ1v) is 12.6. The Kier molecular flexibility index (Phi) is 4.70. The largest absolute Gasteiger partial charge is 0.322 e. The molecular weight excluding hydrogens is 460 g/mol. The maximum Gasteiger partial charge on any atom is 0.255 e. The molecule has 5 nitrogen and oxygen atoms in total. The fourth-order valence-electron chi connectivity index (χ4n) is 6.56. The Balaban J connectivity index is 1.25. The summed E-state index contributed by atoms with van der Waals surface area (Å²) in [7, 11) is 0. The van der Waals surface area contributed by atoms with Gasteiger partial charge in [-0.05, 0) is 59.5 Å². The van der Waals surface area contributed by atoms with Crippen LogP contribution in [0.2, 0.25) is 0 Å². The standard InChI is InChI=1S/C32H24N2O3/c1-18-13-15-19(16-14-18)30(35)33-20-7-6-8-21(17-20)34-31(36)28-26-22-9-2-3-10-23(22)27(29(28)32(34)37)25-12-5-4-11-24(25)26/h2-17,26-29H,1H3,(H,33,35)/t26?,27?,28-,29+. The quantitative estimate of drug-likeness (QED) is 0.383. The monoisotopic (exact) mass is 484 g/mol. The molecule has 4 aromatic rings. The van der Waals surface area contributed by atoms with Crippen LogP contribution < -0.4 is 10.2 Å². The summed E-state index contributed by atoms with van der Waals surface area (Å²) >= 11 is 0. The number of nitrogens with zero attached hydrogens (tertiary/aromatic N) is 1. The lowest BCUT2D eigenvalue weighted by molar-refractivity contribution is -0.122. The number of aryl methyl sites for hydroxylation is 1. The highest BCUT2D eigenvalue weighted by Crippen LogP contribution is 2.61. The molecule has 1 aliphatic heterocycles. The number of carbonyl (C=O) groups is 3. The van der Waals surface area contributed by atoms with Gasteiger partial charge in [0.15, 0.2) is 0 Å². The topological polar surface area (TPSA) is 66.5 Å². The third-order valence-corrected chi connectivity index (χ3v) is 8.12. The normalized spacial score (nSPS) is 22.9. The van der Waals surface area contributed by atoms with Gasteiger partial charge in [-0.2, -0.15) is 0 Å². The smallest absolute Gasteiger partial charge is 0.255 e. The molecule has 180 valence electrons. The summed E-state index contributed by atoms with van der Waals surface area (Å²) in [6.45, 7) is 1.97. The first kappa shape index (κ1) is 21.7. The van der Waals surface area contributed by atoms with E-state index in [0.717, 1.165) is 27.8 Å². The number of amides is 3. The van der Waals surface area contributed by atoms with Crippen LogP contribution in [0.5, 0.6) is 0 Å². The van der Waals surface area contributed by atoms with Crippen LogP contribution in [0.25, 0.3) is 0 Å². The first-order valence-electron chi connectivity index (χ1n) is 12.6. The Morgan fingerprint density at radius 3 is 1.70 bits per heavy atom. The van der Waals surface area contributed by atoms with Crippen LogP contribution in [-0.4, -0.2) is 17.7 Å². The molecular formula is C32H24N2O3. The molecule has 1 fully saturated rings. The molecule has 8 rings (SSSR count). The van der Waals surface area contributed by atoms with E-state index in [1.54, 1.807) is 36.4 Å². The number of hydrogen-bond acceptors (Lipinski definition) is 3. The summed E-state index contributed by atoms with van der Waals surface area (Å²) in [4.78, 5) is 42.1. The Morgan fingerprint density at radius 1 is 0.676 bits per heavy atom. The van der Waals surface area contributed by atoms with Gasteiger partial charge in [0.25, 0.3) is 5.91 Å². The highest BCUT2D eigenvalue weighted by Gasteiger charge is 2.61. The SMILES string of the molecule is Cc1ccc(C(=O)Nc2cccc(N3C(=O)[C@@H]4C5c6ccccc6C(c6ccccc65)[C@@H]4C3=O)c2)cc1. The Labute approximate surface area is 214 Å². The highest BCUT2D eigenvalue weighted by atomic mass is 16.2. The molecule has 1 heterocycles. The van der Waals surface area contributed by atoms with Gasteiger partial charge in [-0.15, -0.1) is 0 Å². The lowest BCUT2D eigenvalue weighted by Gasteiger charge is -2.45. The van der Waals surface area contributed by atoms with Crippen LogP contribution in [-0.2, 0) is 9.59 Å². The molecule has 0 saturated carbocycles. The molecule has 0 aromatic heterocycles. The van der Waals surface area contributed by atoms with Crippen LogP contribution in [0, 0.1) is 18.8 Å². The second kappa shape index (κ2) is 8.00. The van der Waals surface area contributed by atoms with Gasteiger partial charge in [0.2, 0.25) is 11.8 Å². The van der Waals surface area contributed by atoms with Crippen molar-refractivity contribution in [2.45, 2.75) is 18.8 Å². The minimum absolute atomic E-state index is 0.145. The van der Waals surface area contributed by atoms with Crippen molar-refractivity contribution in [1.82, 2.24) is 0 Å². The first-order chi connectivity index (χ1) is 18.0. The molecule has 4 aliphatic rings. The van der Waals surface area contributed by atoms with E-state index in [-0.39, 0.29) is 29.6 Å². The molecule has 37 heavy (non-hydrogen) atoms. The van der Waals surface area contributed by atoms with Gasteiger partial charge in [0.1, 0.15) is 0 Å².